The summed E-state index contributed by atoms with van der Waals surface area (Å²) in [5.41, 5.74) is 3.27. The molecule has 0 radical (unpaired) electrons. The topological polar surface area (TPSA) is 12.9 Å². The standard InChI is InChI=1S/C12H10ClN/c1-9-3-2-4-11(12(9)13)10-5-7-14-8-6-10/h2-8H,1H3. The second-order valence-electron chi connectivity index (χ2n) is 3.17. The zero-order chi connectivity index (χ0) is 9.97. The van der Waals surface area contributed by atoms with Crippen LogP contribution in [0.3, 0.4) is 0 Å². The number of hydrogen-bond donors (Lipinski definition) is 0. The summed E-state index contributed by atoms with van der Waals surface area (Å²) in [5.74, 6) is 0. The Labute approximate surface area is 88.4 Å². The molecule has 1 aromatic heterocycles. The van der Waals surface area contributed by atoms with Crippen LogP contribution in [-0.4, -0.2) is 4.98 Å². The van der Waals surface area contributed by atoms with Gasteiger partial charge in [-0.3, -0.25) is 4.98 Å². The summed E-state index contributed by atoms with van der Waals surface area (Å²) in [5, 5.41) is 0.818. The van der Waals surface area contributed by atoms with Crippen LogP contribution in [0, 0.1) is 6.92 Å². The molecule has 1 aromatic carbocycles. The minimum Gasteiger partial charge on any atom is -0.265 e. The van der Waals surface area contributed by atoms with E-state index >= 15 is 0 Å². The average Bonchev–Trinajstić information content (AvgIpc) is 2.23. The van der Waals surface area contributed by atoms with E-state index in [0.29, 0.717) is 0 Å². The van der Waals surface area contributed by atoms with Crippen molar-refractivity contribution in [1.29, 1.82) is 0 Å². The molecule has 0 atom stereocenters. The lowest BCUT2D eigenvalue weighted by atomic mass is 10.0. The highest BCUT2D eigenvalue weighted by Crippen LogP contribution is 2.29. The van der Waals surface area contributed by atoms with Crippen molar-refractivity contribution in [3.8, 4) is 11.1 Å². The maximum atomic E-state index is 6.21. The molecule has 0 N–H and O–H groups in total. The highest BCUT2D eigenvalue weighted by atomic mass is 35.5. The van der Waals surface area contributed by atoms with E-state index in [1.165, 1.54) is 0 Å². The minimum absolute atomic E-state index is 0.818. The summed E-state index contributed by atoms with van der Waals surface area (Å²) in [7, 11) is 0. The van der Waals surface area contributed by atoms with Gasteiger partial charge in [-0.1, -0.05) is 29.8 Å². The summed E-state index contributed by atoms with van der Waals surface area (Å²) in [6.07, 6.45) is 3.54. The SMILES string of the molecule is Cc1cccc(-c2ccncc2)c1Cl. The first-order chi connectivity index (χ1) is 6.79. The number of benzene rings is 1. The molecule has 0 unspecified atom stereocenters. The molecule has 0 saturated carbocycles. The Balaban J connectivity index is 2.58. The van der Waals surface area contributed by atoms with Crippen LogP contribution < -0.4 is 0 Å². The van der Waals surface area contributed by atoms with E-state index in [-0.39, 0.29) is 0 Å². The van der Waals surface area contributed by atoms with E-state index in [4.69, 9.17) is 11.6 Å². The van der Waals surface area contributed by atoms with E-state index in [1.54, 1.807) is 12.4 Å². The molecule has 0 bridgehead atoms. The lowest BCUT2D eigenvalue weighted by Gasteiger charge is -2.05. The van der Waals surface area contributed by atoms with Crippen LogP contribution in [0.4, 0.5) is 0 Å². The summed E-state index contributed by atoms with van der Waals surface area (Å²) in [6, 6.07) is 9.95. The van der Waals surface area contributed by atoms with E-state index < -0.39 is 0 Å². The summed E-state index contributed by atoms with van der Waals surface area (Å²) in [4.78, 5) is 3.98. The van der Waals surface area contributed by atoms with Crippen LogP contribution in [0.1, 0.15) is 5.56 Å². The van der Waals surface area contributed by atoms with Crippen molar-refractivity contribution >= 4 is 11.6 Å². The highest BCUT2D eigenvalue weighted by molar-refractivity contribution is 6.34. The maximum Gasteiger partial charge on any atom is 0.0513 e. The van der Waals surface area contributed by atoms with Crippen LogP contribution in [0.2, 0.25) is 5.02 Å². The third-order valence-electron chi connectivity index (χ3n) is 2.18. The minimum atomic E-state index is 0.818. The lowest BCUT2D eigenvalue weighted by molar-refractivity contribution is 1.33. The van der Waals surface area contributed by atoms with Gasteiger partial charge in [0.1, 0.15) is 0 Å². The molecule has 1 nitrogen and oxygen atoms in total. The van der Waals surface area contributed by atoms with Crippen molar-refractivity contribution < 1.29 is 0 Å². The van der Waals surface area contributed by atoms with Gasteiger partial charge in [-0.25, -0.2) is 0 Å². The molecule has 0 saturated heterocycles. The predicted molar refractivity (Wildman–Crippen MR) is 59.4 cm³/mol. The van der Waals surface area contributed by atoms with Crippen LogP contribution in [0.25, 0.3) is 11.1 Å². The molecule has 2 heteroatoms. The molecule has 2 aromatic rings. The molecule has 0 fully saturated rings. The fourth-order valence-electron chi connectivity index (χ4n) is 1.40. The largest absolute Gasteiger partial charge is 0.265 e. The Bertz CT molecular complexity index is 437. The normalized spacial score (nSPS) is 10.1. The third-order valence-corrected chi connectivity index (χ3v) is 2.68. The number of aromatic nitrogens is 1. The lowest BCUT2D eigenvalue weighted by Crippen LogP contribution is -1.82. The van der Waals surface area contributed by atoms with Gasteiger partial charge in [0.05, 0.1) is 5.02 Å². The maximum absolute atomic E-state index is 6.21. The molecule has 70 valence electrons. The average molecular weight is 204 g/mol. The second-order valence-corrected chi connectivity index (χ2v) is 3.55. The first kappa shape index (κ1) is 9.22. The Morgan fingerprint density at radius 3 is 2.50 bits per heavy atom. The third kappa shape index (κ3) is 1.64. The van der Waals surface area contributed by atoms with Crippen molar-refractivity contribution in [3.05, 3.63) is 53.3 Å². The summed E-state index contributed by atoms with van der Waals surface area (Å²) < 4.78 is 0. The second kappa shape index (κ2) is 3.81. The van der Waals surface area contributed by atoms with Gasteiger partial charge < -0.3 is 0 Å². The molecule has 0 aliphatic carbocycles. The van der Waals surface area contributed by atoms with Gasteiger partial charge in [-0.2, -0.15) is 0 Å². The first-order valence-electron chi connectivity index (χ1n) is 4.44. The quantitative estimate of drug-likeness (QED) is 0.689. The van der Waals surface area contributed by atoms with E-state index in [1.807, 2.05) is 37.3 Å². The van der Waals surface area contributed by atoms with Gasteiger partial charge in [0.25, 0.3) is 0 Å². The van der Waals surface area contributed by atoms with E-state index in [0.717, 1.165) is 21.7 Å². The van der Waals surface area contributed by atoms with E-state index in [9.17, 15) is 0 Å². The summed E-state index contributed by atoms with van der Waals surface area (Å²) >= 11 is 6.21. The molecular weight excluding hydrogens is 194 g/mol. The number of hydrogen-bond acceptors (Lipinski definition) is 1. The molecule has 0 spiro atoms. The van der Waals surface area contributed by atoms with Crippen LogP contribution in [0.15, 0.2) is 42.7 Å². The zero-order valence-electron chi connectivity index (χ0n) is 7.87. The van der Waals surface area contributed by atoms with Crippen molar-refractivity contribution in [1.82, 2.24) is 4.98 Å². The number of aryl methyl sites for hydroxylation is 1. The molecule has 0 aliphatic heterocycles. The van der Waals surface area contributed by atoms with Crippen LogP contribution in [-0.2, 0) is 0 Å². The summed E-state index contributed by atoms with van der Waals surface area (Å²) in [6.45, 7) is 2.01. The van der Waals surface area contributed by atoms with Crippen LogP contribution in [0.5, 0.6) is 0 Å². The molecule has 14 heavy (non-hydrogen) atoms. The van der Waals surface area contributed by atoms with Crippen molar-refractivity contribution in [2.24, 2.45) is 0 Å². The van der Waals surface area contributed by atoms with Gasteiger partial charge in [0.2, 0.25) is 0 Å². The molecule has 0 aliphatic rings. The number of pyridine rings is 1. The Hall–Kier alpha value is -1.34. The monoisotopic (exact) mass is 203 g/mol. The zero-order valence-corrected chi connectivity index (χ0v) is 8.62. The molecule has 2 rings (SSSR count). The van der Waals surface area contributed by atoms with E-state index in [2.05, 4.69) is 4.98 Å². The highest BCUT2D eigenvalue weighted by Gasteiger charge is 2.03. The fourth-order valence-corrected chi connectivity index (χ4v) is 1.64. The first-order valence-corrected chi connectivity index (χ1v) is 4.82. The van der Waals surface area contributed by atoms with Gasteiger partial charge in [-0.15, -0.1) is 0 Å². The number of nitrogens with zero attached hydrogens (tertiary/aromatic N) is 1. The van der Waals surface area contributed by atoms with Gasteiger partial charge in [-0.05, 0) is 30.2 Å². The number of rotatable bonds is 1. The molecular formula is C12H10ClN. The van der Waals surface area contributed by atoms with Crippen molar-refractivity contribution in [2.45, 2.75) is 6.92 Å². The van der Waals surface area contributed by atoms with Gasteiger partial charge >= 0.3 is 0 Å². The molecule has 1 heterocycles. The predicted octanol–water partition coefficient (Wildman–Crippen LogP) is 3.71. The smallest absolute Gasteiger partial charge is 0.0513 e. The van der Waals surface area contributed by atoms with Gasteiger partial charge in [0.15, 0.2) is 0 Å². The van der Waals surface area contributed by atoms with Gasteiger partial charge in [0, 0.05) is 18.0 Å². The molecule has 0 amide bonds. The fraction of sp³-hybridized carbons (Fsp3) is 0.0833. The van der Waals surface area contributed by atoms with Crippen molar-refractivity contribution in [3.63, 3.8) is 0 Å². The Morgan fingerprint density at radius 1 is 1.07 bits per heavy atom. The Morgan fingerprint density at radius 2 is 1.79 bits per heavy atom. The number of halogens is 1. The Kier molecular flexibility index (Phi) is 2.51. The van der Waals surface area contributed by atoms with Crippen LogP contribution >= 0.6 is 11.6 Å². The van der Waals surface area contributed by atoms with Crippen molar-refractivity contribution in [2.75, 3.05) is 0 Å².